The second kappa shape index (κ2) is 12.7. The molecule has 0 aliphatic heterocycles. The van der Waals surface area contributed by atoms with E-state index in [2.05, 4.69) is 33.9 Å². The van der Waals surface area contributed by atoms with Crippen LogP contribution < -0.4 is 0 Å². The SMILES string of the molecule is C/C=C/CC(CCCO[Si](C)(C)C(C)(C)C)(CC(=O)OCc1ccccc1)C(=O)OC(C)(C)C. The Hall–Kier alpha value is -1.92. The molecule has 1 unspecified atom stereocenters. The topological polar surface area (TPSA) is 61.8 Å². The van der Waals surface area contributed by atoms with Crippen molar-refractivity contribution in [2.45, 2.75) is 104 Å². The summed E-state index contributed by atoms with van der Waals surface area (Å²) < 4.78 is 17.7. The molecule has 0 bridgehead atoms. The fourth-order valence-corrected chi connectivity index (χ4v) is 4.36. The summed E-state index contributed by atoms with van der Waals surface area (Å²) in [6, 6.07) is 9.55. The number of esters is 2. The average Bonchev–Trinajstić information content (AvgIpc) is 2.72. The van der Waals surface area contributed by atoms with Gasteiger partial charge in [0.05, 0.1) is 11.8 Å². The predicted molar refractivity (Wildman–Crippen MR) is 141 cm³/mol. The quantitative estimate of drug-likeness (QED) is 0.134. The molecular formula is C28H46O5Si. The zero-order chi connectivity index (χ0) is 26.0. The van der Waals surface area contributed by atoms with Gasteiger partial charge in [-0.25, -0.2) is 0 Å². The summed E-state index contributed by atoms with van der Waals surface area (Å²) in [7, 11) is -1.90. The number of carbonyl (C=O) groups excluding carboxylic acids is 2. The zero-order valence-corrected chi connectivity index (χ0v) is 23.8. The average molecular weight is 491 g/mol. The lowest BCUT2D eigenvalue weighted by Gasteiger charge is -2.37. The summed E-state index contributed by atoms with van der Waals surface area (Å²) in [5.41, 5.74) is -0.733. The van der Waals surface area contributed by atoms with Gasteiger partial charge in [-0.05, 0) is 70.7 Å². The lowest BCUT2D eigenvalue weighted by atomic mass is 9.76. The smallest absolute Gasteiger partial charge is 0.313 e. The van der Waals surface area contributed by atoms with Crippen LogP contribution in [-0.2, 0) is 30.1 Å². The summed E-state index contributed by atoms with van der Waals surface area (Å²) in [5, 5.41) is 0.113. The molecule has 6 heteroatoms. The van der Waals surface area contributed by atoms with Crippen molar-refractivity contribution in [1.29, 1.82) is 0 Å². The van der Waals surface area contributed by atoms with Gasteiger partial charge in [0, 0.05) is 6.61 Å². The van der Waals surface area contributed by atoms with Crippen LogP contribution in [0.5, 0.6) is 0 Å². The Morgan fingerprint density at radius 2 is 1.62 bits per heavy atom. The normalized spacial score (nSPS) is 14.6. The summed E-state index contributed by atoms with van der Waals surface area (Å²) in [6.45, 7) is 19.2. The van der Waals surface area contributed by atoms with Crippen LogP contribution in [-0.4, -0.2) is 32.5 Å². The number of hydrogen-bond donors (Lipinski definition) is 0. The van der Waals surface area contributed by atoms with Crippen molar-refractivity contribution in [3.63, 3.8) is 0 Å². The maximum absolute atomic E-state index is 13.5. The molecule has 0 aliphatic carbocycles. The Morgan fingerprint density at radius 1 is 1.00 bits per heavy atom. The van der Waals surface area contributed by atoms with Crippen molar-refractivity contribution in [1.82, 2.24) is 0 Å². The Kier molecular flexibility index (Phi) is 11.2. The molecule has 192 valence electrons. The standard InChI is InChI=1S/C28H46O5Si/c1-10-11-18-28(25(30)33-26(2,3)4,19-15-20-32-34(8,9)27(5,6)7)21-24(29)31-22-23-16-13-12-14-17-23/h10-14,16-17H,15,18-22H2,1-9H3/b11-10+. The molecule has 0 radical (unpaired) electrons. The zero-order valence-electron chi connectivity index (χ0n) is 22.8. The summed E-state index contributed by atoms with van der Waals surface area (Å²) in [6.07, 6.45) is 5.37. The van der Waals surface area contributed by atoms with Crippen LogP contribution in [0.15, 0.2) is 42.5 Å². The molecule has 34 heavy (non-hydrogen) atoms. The second-order valence-corrected chi connectivity index (χ2v) is 16.4. The molecule has 5 nitrogen and oxygen atoms in total. The lowest BCUT2D eigenvalue weighted by molar-refractivity contribution is -0.173. The van der Waals surface area contributed by atoms with Gasteiger partial charge in [0.1, 0.15) is 12.2 Å². The maximum Gasteiger partial charge on any atom is 0.313 e. The van der Waals surface area contributed by atoms with Gasteiger partial charge in [-0.2, -0.15) is 0 Å². The highest BCUT2D eigenvalue weighted by Crippen LogP contribution is 2.39. The Bertz CT molecular complexity index is 802. The molecule has 1 rings (SSSR count). The van der Waals surface area contributed by atoms with Crippen LogP contribution in [0.1, 0.15) is 79.7 Å². The van der Waals surface area contributed by atoms with Crippen molar-refractivity contribution in [2.75, 3.05) is 6.61 Å². The first-order valence-corrected chi connectivity index (χ1v) is 15.2. The summed E-state index contributed by atoms with van der Waals surface area (Å²) in [5.74, 6) is -0.758. The number of ether oxygens (including phenoxy) is 2. The molecule has 0 saturated carbocycles. The van der Waals surface area contributed by atoms with Gasteiger partial charge in [-0.1, -0.05) is 63.3 Å². The molecule has 0 spiro atoms. The van der Waals surface area contributed by atoms with E-state index in [0.717, 1.165) is 5.56 Å². The van der Waals surface area contributed by atoms with Crippen LogP contribution in [0.4, 0.5) is 0 Å². The molecule has 0 amide bonds. The molecule has 0 fully saturated rings. The highest BCUT2D eigenvalue weighted by Gasteiger charge is 2.43. The van der Waals surface area contributed by atoms with Gasteiger partial charge in [0.25, 0.3) is 0 Å². The second-order valence-electron chi connectivity index (χ2n) is 11.6. The molecular weight excluding hydrogens is 444 g/mol. The minimum Gasteiger partial charge on any atom is -0.461 e. The van der Waals surface area contributed by atoms with Crippen LogP contribution in [0.25, 0.3) is 0 Å². The van der Waals surface area contributed by atoms with Crippen LogP contribution in [0, 0.1) is 5.41 Å². The maximum atomic E-state index is 13.5. The molecule has 0 heterocycles. The number of benzene rings is 1. The van der Waals surface area contributed by atoms with Gasteiger partial charge in [0.15, 0.2) is 8.32 Å². The minimum atomic E-state index is -1.90. The van der Waals surface area contributed by atoms with Crippen molar-refractivity contribution in [3.8, 4) is 0 Å². The van der Waals surface area contributed by atoms with E-state index in [4.69, 9.17) is 13.9 Å². The van der Waals surface area contributed by atoms with Gasteiger partial charge in [0.2, 0.25) is 0 Å². The summed E-state index contributed by atoms with van der Waals surface area (Å²) >= 11 is 0. The van der Waals surface area contributed by atoms with Crippen molar-refractivity contribution >= 4 is 20.3 Å². The predicted octanol–water partition coefficient (Wildman–Crippen LogP) is 7.22. The van der Waals surface area contributed by atoms with Crippen molar-refractivity contribution < 1.29 is 23.5 Å². The number of allylic oxidation sites excluding steroid dienone is 2. The first-order chi connectivity index (χ1) is 15.6. The van der Waals surface area contributed by atoms with Gasteiger partial charge in [-0.3, -0.25) is 9.59 Å². The minimum absolute atomic E-state index is 0.0286. The number of hydrogen-bond acceptors (Lipinski definition) is 5. The molecule has 1 aromatic carbocycles. The Balaban J connectivity index is 3.03. The summed E-state index contributed by atoms with van der Waals surface area (Å²) in [4.78, 5) is 26.4. The highest BCUT2D eigenvalue weighted by atomic mass is 28.4. The first-order valence-electron chi connectivity index (χ1n) is 12.3. The lowest BCUT2D eigenvalue weighted by Crippen LogP contribution is -2.42. The third-order valence-electron chi connectivity index (χ3n) is 6.37. The fourth-order valence-electron chi connectivity index (χ4n) is 3.27. The Labute approximate surface area is 208 Å². The molecule has 1 aromatic rings. The number of rotatable bonds is 12. The third kappa shape index (κ3) is 10.1. The Morgan fingerprint density at radius 3 is 2.15 bits per heavy atom. The van der Waals surface area contributed by atoms with E-state index in [1.807, 2.05) is 70.2 Å². The van der Waals surface area contributed by atoms with Crippen molar-refractivity contribution in [2.24, 2.45) is 5.41 Å². The van der Waals surface area contributed by atoms with E-state index in [-0.39, 0.29) is 24.0 Å². The van der Waals surface area contributed by atoms with Gasteiger partial charge < -0.3 is 13.9 Å². The van der Waals surface area contributed by atoms with Crippen LogP contribution in [0.2, 0.25) is 18.1 Å². The molecule has 0 N–H and O–H groups in total. The van der Waals surface area contributed by atoms with E-state index in [0.29, 0.717) is 25.9 Å². The molecule has 1 atom stereocenters. The van der Waals surface area contributed by atoms with E-state index >= 15 is 0 Å². The third-order valence-corrected chi connectivity index (χ3v) is 10.9. The van der Waals surface area contributed by atoms with E-state index in [9.17, 15) is 9.59 Å². The van der Waals surface area contributed by atoms with Crippen LogP contribution >= 0.6 is 0 Å². The van der Waals surface area contributed by atoms with E-state index in [1.54, 1.807) is 0 Å². The highest BCUT2D eigenvalue weighted by molar-refractivity contribution is 6.74. The fraction of sp³-hybridized carbons (Fsp3) is 0.643. The van der Waals surface area contributed by atoms with Gasteiger partial charge >= 0.3 is 11.9 Å². The molecule has 0 aliphatic rings. The molecule has 0 aromatic heterocycles. The van der Waals surface area contributed by atoms with E-state index in [1.165, 1.54) is 0 Å². The van der Waals surface area contributed by atoms with E-state index < -0.39 is 25.3 Å². The number of carbonyl (C=O) groups is 2. The largest absolute Gasteiger partial charge is 0.461 e. The van der Waals surface area contributed by atoms with Crippen molar-refractivity contribution in [3.05, 3.63) is 48.0 Å². The van der Waals surface area contributed by atoms with Gasteiger partial charge in [-0.15, -0.1) is 0 Å². The first kappa shape index (κ1) is 30.1. The monoisotopic (exact) mass is 490 g/mol. The molecule has 0 saturated heterocycles. The van der Waals surface area contributed by atoms with Crippen LogP contribution in [0.3, 0.4) is 0 Å².